The topological polar surface area (TPSA) is 102 Å². The van der Waals surface area contributed by atoms with Gasteiger partial charge in [0.2, 0.25) is 0 Å². The Morgan fingerprint density at radius 2 is 1.38 bits per heavy atom. The van der Waals surface area contributed by atoms with Gasteiger partial charge in [0.1, 0.15) is 17.2 Å². The molecule has 2 N–H and O–H groups in total. The molecule has 0 bridgehead atoms. The number of rotatable bonds is 4. The van der Waals surface area contributed by atoms with Crippen LogP contribution in [-0.2, 0) is 6.42 Å². The molecule has 3 aromatic rings. The minimum atomic E-state index is -1.41. The summed E-state index contributed by atoms with van der Waals surface area (Å²) in [5.74, 6) is 1.06. The summed E-state index contributed by atoms with van der Waals surface area (Å²) < 4.78 is 15.6. The molecule has 0 saturated heterocycles. The Bertz CT molecular complexity index is 1100. The van der Waals surface area contributed by atoms with Crippen molar-refractivity contribution in [3.05, 3.63) is 66.2 Å². The summed E-state index contributed by atoms with van der Waals surface area (Å²) in [6, 6.07) is 17.3. The quantitative estimate of drug-likeness (QED) is 0.472. The van der Waals surface area contributed by atoms with Gasteiger partial charge in [0, 0.05) is 23.1 Å². The predicted molar refractivity (Wildman–Crippen MR) is 104 cm³/mol. The first-order chi connectivity index (χ1) is 14.0. The van der Waals surface area contributed by atoms with Crippen LogP contribution in [-0.4, -0.2) is 29.1 Å². The van der Waals surface area contributed by atoms with Gasteiger partial charge in [-0.25, -0.2) is 9.59 Å². The molecule has 1 aliphatic heterocycles. The summed E-state index contributed by atoms with van der Waals surface area (Å²) in [4.78, 5) is 22.2. The lowest BCUT2D eigenvalue weighted by Crippen LogP contribution is -2.05. The number of hydrogen-bond acceptors (Lipinski definition) is 5. The van der Waals surface area contributed by atoms with E-state index in [-0.39, 0.29) is 11.5 Å². The highest BCUT2D eigenvalue weighted by atomic mass is 16.7. The van der Waals surface area contributed by atoms with E-state index < -0.39 is 12.3 Å². The Morgan fingerprint density at radius 1 is 0.793 bits per heavy atom. The second kappa shape index (κ2) is 7.55. The molecule has 0 unspecified atom stereocenters. The molecule has 0 aromatic heterocycles. The maximum Gasteiger partial charge on any atom is 0.511 e. The highest BCUT2D eigenvalue weighted by Gasteiger charge is 2.23. The van der Waals surface area contributed by atoms with Crippen molar-refractivity contribution in [3.8, 4) is 39.5 Å². The molecule has 29 heavy (non-hydrogen) atoms. The van der Waals surface area contributed by atoms with Gasteiger partial charge in [-0.2, -0.15) is 0 Å². The van der Waals surface area contributed by atoms with E-state index in [1.807, 2.05) is 12.1 Å². The molecule has 1 aliphatic rings. The fourth-order valence-corrected chi connectivity index (χ4v) is 3.45. The van der Waals surface area contributed by atoms with Crippen LogP contribution in [0.25, 0.3) is 22.3 Å². The van der Waals surface area contributed by atoms with Gasteiger partial charge in [0.15, 0.2) is 0 Å². The second-order valence-electron chi connectivity index (χ2n) is 6.33. The third-order valence-corrected chi connectivity index (χ3v) is 4.59. The molecule has 0 radical (unpaired) electrons. The maximum absolute atomic E-state index is 11.1. The van der Waals surface area contributed by atoms with E-state index in [2.05, 4.69) is 0 Å². The van der Waals surface area contributed by atoms with Gasteiger partial charge in [-0.15, -0.1) is 0 Å². The van der Waals surface area contributed by atoms with Crippen LogP contribution >= 0.6 is 0 Å². The zero-order chi connectivity index (χ0) is 20.4. The molecule has 7 nitrogen and oxygen atoms in total. The standard InChI is InChI=1S/C22H16O7/c23-21(24)28-18-7-3-1-5-14(18)13-11-17(16-9-10-27-20(16)12-13)15-6-2-4-8-19(15)29-22(25)26/h1-8,11-12H,9-10H2,(H,23,24)(H,25,26). The Hall–Kier alpha value is -4.00. The van der Waals surface area contributed by atoms with Gasteiger partial charge < -0.3 is 24.4 Å². The SMILES string of the molecule is O=C(O)Oc1ccccc1-c1cc2c(c(-c3ccccc3OC(=O)O)c1)CCO2. The summed E-state index contributed by atoms with van der Waals surface area (Å²) in [6.07, 6.45) is -2.14. The molecule has 1 heterocycles. The molecule has 0 amide bonds. The minimum absolute atomic E-state index is 0.193. The van der Waals surface area contributed by atoms with Gasteiger partial charge in [0.05, 0.1) is 6.61 Å². The van der Waals surface area contributed by atoms with E-state index in [4.69, 9.17) is 24.4 Å². The molecular formula is C22H16O7. The van der Waals surface area contributed by atoms with Crippen LogP contribution in [0.15, 0.2) is 60.7 Å². The number of ether oxygens (including phenoxy) is 3. The lowest BCUT2D eigenvalue weighted by Gasteiger charge is -2.15. The lowest BCUT2D eigenvalue weighted by molar-refractivity contribution is 0.143. The zero-order valence-electron chi connectivity index (χ0n) is 15.1. The number of hydrogen-bond donors (Lipinski definition) is 2. The number of benzene rings is 3. The molecule has 0 saturated carbocycles. The molecular weight excluding hydrogens is 376 g/mol. The maximum atomic E-state index is 11.1. The molecule has 0 fully saturated rings. The van der Waals surface area contributed by atoms with E-state index in [1.165, 1.54) is 0 Å². The van der Waals surface area contributed by atoms with Gasteiger partial charge >= 0.3 is 12.3 Å². The highest BCUT2D eigenvalue weighted by Crippen LogP contribution is 2.43. The smallest absolute Gasteiger partial charge is 0.493 e. The molecule has 0 aliphatic carbocycles. The van der Waals surface area contributed by atoms with E-state index in [9.17, 15) is 9.59 Å². The van der Waals surface area contributed by atoms with Crippen LogP contribution in [0, 0.1) is 0 Å². The Morgan fingerprint density at radius 3 is 2.03 bits per heavy atom. The predicted octanol–water partition coefficient (Wildman–Crippen LogP) is 5.07. The Kier molecular flexibility index (Phi) is 4.78. The normalized spacial score (nSPS) is 12.0. The van der Waals surface area contributed by atoms with E-state index >= 15 is 0 Å². The van der Waals surface area contributed by atoms with Gasteiger partial charge in [0.25, 0.3) is 0 Å². The van der Waals surface area contributed by atoms with Crippen LogP contribution in [0.3, 0.4) is 0 Å². The number of carboxylic acid groups (broad SMARTS) is 2. The zero-order valence-corrected chi connectivity index (χ0v) is 15.1. The van der Waals surface area contributed by atoms with Crippen LogP contribution in [0.1, 0.15) is 5.56 Å². The third kappa shape index (κ3) is 3.70. The highest BCUT2D eigenvalue weighted by molar-refractivity contribution is 5.85. The van der Waals surface area contributed by atoms with Crippen molar-refractivity contribution < 1.29 is 34.0 Å². The Labute approximate surface area is 165 Å². The summed E-state index contributed by atoms with van der Waals surface area (Å²) in [7, 11) is 0. The lowest BCUT2D eigenvalue weighted by atomic mass is 9.92. The van der Waals surface area contributed by atoms with Crippen molar-refractivity contribution in [2.45, 2.75) is 6.42 Å². The van der Waals surface area contributed by atoms with Gasteiger partial charge in [-0.05, 0) is 35.4 Å². The summed E-state index contributed by atoms with van der Waals surface area (Å²) in [6.45, 7) is 0.501. The van der Waals surface area contributed by atoms with Crippen molar-refractivity contribution in [3.63, 3.8) is 0 Å². The van der Waals surface area contributed by atoms with Crippen molar-refractivity contribution >= 4 is 12.3 Å². The fraction of sp³-hybridized carbons (Fsp3) is 0.0909. The average Bonchev–Trinajstić information content (AvgIpc) is 3.16. The number of para-hydroxylation sites is 2. The van der Waals surface area contributed by atoms with E-state index in [0.717, 1.165) is 11.1 Å². The summed E-state index contributed by atoms with van der Waals surface area (Å²) >= 11 is 0. The molecule has 3 aromatic carbocycles. The largest absolute Gasteiger partial charge is 0.511 e. The number of fused-ring (bicyclic) bond motifs is 1. The second-order valence-corrected chi connectivity index (χ2v) is 6.33. The summed E-state index contributed by atoms with van der Waals surface area (Å²) in [5, 5.41) is 18.1. The van der Waals surface area contributed by atoms with Gasteiger partial charge in [-0.1, -0.05) is 36.4 Å². The van der Waals surface area contributed by atoms with Crippen molar-refractivity contribution in [2.75, 3.05) is 6.61 Å². The minimum Gasteiger partial charge on any atom is -0.493 e. The van der Waals surface area contributed by atoms with Crippen molar-refractivity contribution in [2.24, 2.45) is 0 Å². The van der Waals surface area contributed by atoms with Crippen molar-refractivity contribution in [1.82, 2.24) is 0 Å². The molecule has 7 heteroatoms. The van der Waals surface area contributed by atoms with Crippen molar-refractivity contribution in [1.29, 1.82) is 0 Å². The van der Waals surface area contributed by atoms with E-state index in [0.29, 0.717) is 35.5 Å². The van der Waals surface area contributed by atoms with Crippen LogP contribution in [0.2, 0.25) is 0 Å². The van der Waals surface area contributed by atoms with Crippen LogP contribution in [0.5, 0.6) is 17.2 Å². The first-order valence-electron chi connectivity index (χ1n) is 8.83. The van der Waals surface area contributed by atoms with Crippen LogP contribution in [0.4, 0.5) is 9.59 Å². The molecule has 146 valence electrons. The van der Waals surface area contributed by atoms with Crippen LogP contribution < -0.4 is 14.2 Å². The molecule has 0 spiro atoms. The third-order valence-electron chi connectivity index (χ3n) is 4.59. The Balaban J connectivity index is 1.90. The fourth-order valence-electron chi connectivity index (χ4n) is 3.45. The van der Waals surface area contributed by atoms with E-state index in [1.54, 1.807) is 48.5 Å². The average molecular weight is 392 g/mol. The first kappa shape index (κ1) is 18.4. The summed E-state index contributed by atoms with van der Waals surface area (Å²) in [5.41, 5.74) is 3.56. The monoisotopic (exact) mass is 392 g/mol. The number of carbonyl (C=O) groups is 2. The first-order valence-corrected chi connectivity index (χ1v) is 8.83. The molecule has 4 rings (SSSR count). The van der Waals surface area contributed by atoms with Gasteiger partial charge in [-0.3, -0.25) is 0 Å². The molecule has 0 atom stereocenters.